The molecule has 1 aliphatic heterocycles. The maximum absolute atomic E-state index is 12.3. The molecule has 2 aromatic rings. The fourth-order valence-corrected chi connectivity index (χ4v) is 3.28. The maximum Gasteiger partial charge on any atom is 0.341 e. The molecule has 0 N–H and O–H groups in total. The van der Waals surface area contributed by atoms with Crippen LogP contribution in [0.3, 0.4) is 0 Å². The van der Waals surface area contributed by atoms with Gasteiger partial charge in [0.15, 0.2) is 0 Å². The molecule has 0 aromatic heterocycles. The van der Waals surface area contributed by atoms with Crippen LogP contribution in [0, 0.1) is 0 Å². The zero-order valence-corrected chi connectivity index (χ0v) is 13.0. The Bertz CT molecular complexity index is 739. The highest BCUT2D eigenvalue weighted by Crippen LogP contribution is 2.49. The number of fused-ring (bicyclic) bond motifs is 3. The Morgan fingerprint density at radius 1 is 1.22 bits per heavy atom. The lowest BCUT2D eigenvalue weighted by molar-refractivity contribution is 0.0594. The van der Waals surface area contributed by atoms with E-state index in [1.165, 1.54) is 7.11 Å². The summed E-state index contributed by atoms with van der Waals surface area (Å²) in [5, 5.41) is 0. The monoisotopic (exact) mass is 310 g/mol. The number of hydrogen-bond acceptors (Lipinski definition) is 4. The topological polar surface area (TPSA) is 48.1 Å². The van der Waals surface area contributed by atoms with Crippen molar-refractivity contribution in [3.63, 3.8) is 0 Å². The van der Waals surface area contributed by atoms with Gasteiger partial charge in [-0.3, -0.25) is 0 Å². The average molecular weight is 310 g/mol. The van der Waals surface area contributed by atoms with Gasteiger partial charge in [0.05, 0.1) is 13.2 Å². The van der Waals surface area contributed by atoms with Crippen molar-refractivity contribution in [3.8, 4) is 5.75 Å². The summed E-state index contributed by atoms with van der Waals surface area (Å²) in [6.45, 7) is 0.423. The quantitative estimate of drug-likeness (QED) is 0.641. The van der Waals surface area contributed by atoms with Crippen molar-refractivity contribution < 1.29 is 19.0 Å². The Labute approximate surface area is 135 Å². The summed E-state index contributed by atoms with van der Waals surface area (Å²) in [7, 11) is 1.40. The lowest BCUT2D eigenvalue weighted by Gasteiger charge is -2.19. The van der Waals surface area contributed by atoms with Gasteiger partial charge < -0.3 is 14.2 Å². The second-order valence-electron chi connectivity index (χ2n) is 5.91. The van der Waals surface area contributed by atoms with Crippen LogP contribution in [0.1, 0.15) is 39.6 Å². The molecule has 2 aliphatic rings. The van der Waals surface area contributed by atoms with Gasteiger partial charge in [-0.05, 0) is 35.6 Å². The number of benzene rings is 2. The summed E-state index contributed by atoms with van der Waals surface area (Å²) in [5.41, 5.74) is 3.73. The zero-order chi connectivity index (χ0) is 15.8. The molecule has 0 amide bonds. The molecule has 4 heteroatoms. The van der Waals surface area contributed by atoms with Crippen LogP contribution in [0.25, 0.3) is 0 Å². The number of methoxy groups -OCH3 is 1. The third-order valence-electron chi connectivity index (χ3n) is 4.51. The zero-order valence-electron chi connectivity index (χ0n) is 13.0. The van der Waals surface area contributed by atoms with Crippen molar-refractivity contribution in [1.82, 2.24) is 0 Å². The van der Waals surface area contributed by atoms with E-state index < -0.39 is 0 Å². The summed E-state index contributed by atoms with van der Waals surface area (Å²) >= 11 is 0. The van der Waals surface area contributed by atoms with Gasteiger partial charge in [-0.2, -0.15) is 0 Å². The van der Waals surface area contributed by atoms with Gasteiger partial charge in [0.2, 0.25) is 0 Å². The number of carbonyl (C=O) groups is 1. The Morgan fingerprint density at radius 2 is 2.04 bits per heavy atom. The van der Waals surface area contributed by atoms with Gasteiger partial charge in [0.25, 0.3) is 0 Å². The molecular formula is C19H18O4. The molecule has 1 aliphatic carbocycles. The van der Waals surface area contributed by atoms with Crippen molar-refractivity contribution in [3.05, 3.63) is 64.7 Å². The highest BCUT2D eigenvalue weighted by molar-refractivity contribution is 5.94. The van der Waals surface area contributed by atoms with Gasteiger partial charge in [-0.15, -0.1) is 0 Å². The molecule has 1 saturated heterocycles. The molecule has 2 unspecified atom stereocenters. The van der Waals surface area contributed by atoms with Crippen LogP contribution >= 0.6 is 0 Å². The van der Waals surface area contributed by atoms with E-state index in [1.54, 1.807) is 0 Å². The first-order valence-electron chi connectivity index (χ1n) is 7.84. The minimum Gasteiger partial charge on any atom is -0.488 e. The van der Waals surface area contributed by atoms with E-state index in [4.69, 9.17) is 14.2 Å². The van der Waals surface area contributed by atoms with E-state index in [9.17, 15) is 4.79 Å². The van der Waals surface area contributed by atoms with Crippen LogP contribution in [-0.2, 0) is 22.5 Å². The standard InChI is InChI=1S/C19H18O4/c1-21-19(20)17-13-7-10-16-18(23-16)14(13)8-9-15(17)22-11-12-5-3-2-4-6-12/h2-6,8-9,16,18H,7,10-11H2,1H3. The molecule has 2 aromatic carbocycles. The highest BCUT2D eigenvalue weighted by atomic mass is 16.6. The second-order valence-corrected chi connectivity index (χ2v) is 5.91. The first-order chi connectivity index (χ1) is 11.3. The first kappa shape index (κ1) is 14.3. The molecule has 4 nitrogen and oxygen atoms in total. The van der Waals surface area contributed by atoms with Gasteiger partial charge in [0, 0.05) is 0 Å². The van der Waals surface area contributed by atoms with E-state index in [2.05, 4.69) is 0 Å². The molecule has 0 spiro atoms. The molecular weight excluding hydrogens is 292 g/mol. The SMILES string of the molecule is COC(=O)c1c(OCc2ccccc2)ccc2c1CCC1OC21. The summed E-state index contributed by atoms with van der Waals surface area (Å²) in [6.07, 6.45) is 2.24. The van der Waals surface area contributed by atoms with Gasteiger partial charge >= 0.3 is 5.97 Å². The van der Waals surface area contributed by atoms with Crippen molar-refractivity contribution in [2.75, 3.05) is 7.11 Å². The number of carbonyl (C=O) groups excluding carboxylic acids is 1. The number of esters is 1. The summed E-state index contributed by atoms with van der Waals surface area (Å²) in [4.78, 5) is 12.3. The lowest BCUT2D eigenvalue weighted by Crippen LogP contribution is -2.15. The molecule has 0 radical (unpaired) electrons. The van der Waals surface area contributed by atoms with Crippen molar-refractivity contribution in [2.45, 2.75) is 31.7 Å². The van der Waals surface area contributed by atoms with Crippen LogP contribution < -0.4 is 4.74 Å². The Morgan fingerprint density at radius 3 is 2.83 bits per heavy atom. The number of ether oxygens (including phenoxy) is 3. The molecule has 0 bridgehead atoms. The average Bonchev–Trinajstić information content (AvgIpc) is 3.39. The molecule has 4 rings (SSSR count). The highest BCUT2D eigenvalue weighted by Gasteiger charge is 2.45. The van der Waals surface area contributed by atoms with Crippen molar-refractivity contribution >= 4 is 5.97 Å². The van der Waals surface area contributed by atoms with E-state index in [1.807, 2.05) is 42.5 Å². The minimum absolute atomic E-state index is 0.144. The Balaban J connectivity index is 1.67. The third kappa shape index (κ3) is 2.59. The van der Waals surface area contributed by atoms with Crippen LogP contribution in [0.15, 0.2) is 42.5 Å². The fraction of sp³-hybridized carbons (Fsp3) is 0.316. The maximum atomic E-state index is 12.3. The first-order valence-corrected chi connectivity index (χ1v) is 7.84. The number of rotatable bonds is 4. The predicted molar refractivity (Wildman–Crippen MR) is 84.5 cm³/mol. The van der Waals surface area contributed by atoms with Crippen LogP contribution in [-0.4, -0.2) is 19.2 Å². The Hall–Kier alpha value is -2.33. The molecule has 23 heavy (non-hydrogen) atoms. The van der Waals surface area contributed by atoms with E-state index in [0.717, 1.165) is 29.5 Å². The molecule has 2 atom stereocenters. The van der Waals surface area contributed by atoms with Crippen LogP contribution in [0.4, 0.5) is 0 Å². The third-order valence-corrected chi connectivity index (χ3v) is 4.51. The fourth-order valence-electron chi connectivity index (χ4n) is 3.28. The van der Waals surface area contributed by atoms with Crippen molar-refractivity contribution in [1.29, 1.82) is 0 Å². The minimum atomic E-state index is -0.344. The molecule has 118 valence electrons. The van der Waals surface area contributed by atoms with Gasteiger partial charge in [0.1, 0.15) is 24.0 Å². The largest absolute Gasteiger partial charge is 0.488 e. The molecule has 1 fully saturated rings. The second kappa shape index (κ2) is 5.70. The molecule has 0 saturated carbocycles. The van der Waals surface area contributed by atoms with Gasteiger partial charge in [-0.1, -0.05) is 36.4 Å². The van der Waals surface area contributed by atoms with Crippen LogP contribution in [0.5, 0.6) is 5.75 Å². The van der Waals surface area contributed by atoms with Crippen molar-refractivity contribution in [2.24, 2.45) is 0 Å². The smallest absolute Gasteiger partial charge is 0.341 e. The van der Waals surface area contributed by atoms with E-state index in [-0.39, 0.29) is 12.1 Å². The Kier molecular flexibility index (Phi) is 3.54. The van der Waals surface area contributed by atoms with E-state index in [0.29, 0.717) is 24.0 Å². The lowest BCUT2D eigenvalue weighted by atomic mass is 9.87. The van der Waals surface area contributed by atoms with E-state index >= 15 is 0 Å². The predicted octanol–water partition coefficient (Wildman–Crippen LogP) is 3.44. The van der Waals surface area contributed by atoms with Gasteiger partial charge in [-0.25, -0.2) is 4.79 Å². The van der Waals surface area contributed by atoms with Crippen LogP contribution in [0.2, 0.25) is 0 Å². The summed E-state index contributed by atoms with van der Waals surface area (Å²) in [5.74, 6) is 0.238. The number of epoxide rings is 1. The number of hydrogen-bond donors (Lipinski definition) is 0. The summed E-state index contributed by atoms with van der Waals surface area (Å²) in [6, 6.07) is 13.8. The summed E-state index contributed by atoms with van der Waals surface area (Å²) < 4.78 is 16.6. The molecule has 1 heterocycles. The normalized spacial score (nSPS) is 21.1.